The van der Waals surface area contributed by atoms with Crippen molar-refractivity contribution >= 4 is 17.6 Å². The number of aromatic nitrogens is 3. The second kappa shape index (κ2) is 9.02. The lowest BCUT2D eigenvalue weighted by molar-refractivity contribution is 0.179. The molecule has 1 saturated heterocycles. The van der Waals surface area contributed by atoms with Gasteiger partial charge in [-0.2, -0.15) is 0 Å². The fourth-order valence-corrected chi connectivity index (χ4v) is 4.76. The Balaban J connectivity index is 1.35. The van der Waals surface area contributed by atoms with Crippen LogP contribution < -0.4 is 10.1 Å². The van der Waals surface area contributed by atoms with Crippen molar-refractivity contribution in [1.29, 1.82) is 0 Å². The van der Waals surface area contributed by atoms with Gasteiger partial charge in [-0.1, -0.05) is 29.8 Å². The third-order valence-corrected chi connectivity index (χ3v) is 6.59. The first kappa shape index (κ1) is 21.7. The van der Waals surface area contributed by atoms with Crippen molar-refractivity contribution in [2.45, 2.75) is 44.8 Å². The molecular weight excluding hydrogens is 445 g/mol. The molecule has 5 rings (SSSR count). The van der Waals surface area contributed by atoms with Gasteiger partial charge in [0.05, 0.1) is 25.2 Å². The van der Waals surface area contributed by atoms with Crippen LogP contribution in [0.25, 0.3) is 0 Å². The van der Waals surface area contributed by atoms with Gasteiger partial charge in [0.15, 0.2) is 5.82 Å². The van der Waals surface area contributed by atoms with E-state index in [0.29, 0.717) is 36.9 Å². The molecule has 2 amide bonds. The lowest BCUT2D eigenvalue weighted by atomic mass is 10.0. The molecule has 1 aromatic heterocycles. The SMILES string of the molecule is Cc1nnc([C@H]2CCCN2C(=O)N[C@H]2CCOc3cc(F)ccc32)n1Cc1ccc(Cl)cc1. The number of carbonyl (C=O) groups is 1. The van der Waals surface area contributed by atoms with Crippen LogP contribution in [0.4, 0.5) is 9.18 Å². The Morgan fingerprint density at radius 1 is 1.21 bits per heavy atom. The number of amides is 2. The van der Waals surface area contributed by atoms with Gasteiger partial charge in [0.2, 0.25) is 0 Å². The van der Waals surface area contributed by atoms with Crippen molar-refractivity contribution in [2.24, 2.45) is 0 Å². The highest BCUT2D eigenvalue weighted by atomic mass is 35.5. The molecule has 0 unspecified atom stereocenters. The standard InChI is InChI=1S/C24H25ClFN5O2/c1-15-28-29-23(31(15)14-16-4-6-17(25)7-5-16)21-3-2-11-30(21)24(32)27-20-10-12-33-22-13-18(26)8-9-19(20)22/h4-9,13,20-21H,2-3,10-12,14H2,1H3,(H,27,32)/t20-,21+/m0/s1. The summed E-state index contributed by atoms with van der Waals surface area (Å²) in [6.45, 7) is 3.60. The molecule has 0 spiro atoms. The lowest BCUT2D eigenvalue weighted by Crippen LogP contribution is -2.43. The van der Waals surface area contributed by atoms with Crippen molar-refractivity contribution in [3.05, 3.63) is 76.1 Å². The van der Waals surface area contributed by atoms with Gasteiger partial charge in [0, 0.05) is 29.6 Å². The molecule has 9 heteroatoms. The minimum Gasteiger partial charge on any atom is -0.493 e. The summed E-state index contributed by atoms with van der Waals surface area (Å²) >= 11 is 6.02. The highest BCUT2D eigenvalue weighted by molar-refractivity contribution is 6.30. The molecule has 0 saturated carbocycles. The summed E-state index contributed by atoms with van der Waals surface area (Å²) in [4.78, 5) is 15.1. The number of nitrogens with one attached hydrogen (secondary N) is 1. The Labute approximate surface area is 196 Å². The molecular formula is C24H25ClFN5O2. The van der Waals surface area contributed by atoms with Crippen molar-refractivity contribution in [3.8, 4) is 5.75 Å². The van der Waals surface area contributed by atoms with Crippen LogP contribution in [-0.2, 0) is 6.54 Å². The molecule has 3 heterocycles. The molecule has 3 aromatic rings. The zero-order valence-corrected chi connectivity index (χ0v) is 19.1. The predicted molar refractivity (Wildman–Crippen MR) is 122 cm³/mol. The maximum atomic E-state index is 13.6. The molecule has 172 valence electrons. The molecule has 2 aliphatic heterocycles. The maximum Gasteiger partial charge on any atom is 0.318 e. The van der Waals surface area contributed by atoms with Crippen molar-refractivity contribution in [1.82, 2.24) is 25.0 Å². The number of ether oxygens (including phenoxy) is 1. The predicted octanol–water partition coefficient (Wildman–Crippen LogP) is 4.80. The average Bonchev–Trinajstić information content (AvgIpc) is 3.42. The van der Waals surface area contributed by atoms with Gasteiger partial charge in [-0.3, -0.25) is 0 Å². The van der Waals surface area contributed by atoms with E-state index in [1.54, 1.807) is 6.07 Å². The summed E-state index contributed by atoms with van der Waals surface area (Å²) < 4.78 is 21.2. The third kappa shape index (κ3) is 4.39. The fraction of sp³-hybridized carbons (Fsp3) is 0.375. The Bertz CT molecular complexity index is 1170. The number of hydrogen-bond donors (Lipinski definition) is 1. The molecule has 2 aromatic carbocycles. The van der Waals surface area contributed by atoms with E-state index in [4.69, 9.17) is 16.3 Å². The van der Waals surface area contributed by atoms with E-state index < -0.39 is 0 Å². The number of hydrogen-bond acceptors (Lipinski definition) is 4. The number of likely N-dealkylation sites (tertiary alicyclic amines) is 1. The molecule has 0 aliphatic carbocycles. The Kier molecular flexibility index (Phi) is 5.93. The monoisotopic (exact) mass is 469 g/mol. The minimum atomic E-state index is -0.351. The first-order valence-electron chi connectivity index (χ1n) is 11.1. The van der Waals surface area contributed by atoms with Gasteiger partial charge in [0.1, 0.15) is 17.4 Å². The van der Waals surface area contributed by atoms with Crippen LogP contribution >= 0.6 is 11.6 Å². The second-order valence-corrected chi connectivity index (χ2v) is 8.93. The second-order valence-electron chi connectivity index (χ2n) is 8.49. The summed E-state index contributed by atoms with van der Waals surface area (Å²) in [5.74, 6) is 1.72. The van der Waals surface area contributed by atoms with Gasteiger partial charge < -0.3 is 19.5 Å². The van der Waals surface area contributed by atoms with Crippen molar-refractivity contribution in [3.63, 3.8) is 0 Å². The van der Waals surface area contributed by atoms with Gasteiger partial charge in [-0.15, -0.1) is 10.2 Å². The van der Waals surface area contributed by atoms with E-state index in [1.807, 2.05) is 36.1 Å². The third-order valence-electron chi connectivity index (χ3n) is 6.34. The van der Waals surface area contributed by atoms with Crippen LogP contribution in [0.5, 0.6) is 5.75 Å². The molecule has 1 fully saturated rings. The van der Waals surface area contributed by atoms with Crippen LogP contribution in [0.1, 0.15) is 54.1 Å². The fourth-order valence-electron chi connectivity index (χ4n) is 4.64. The van der Waals surface area contributed by atoms with Crippen molar-refractivity contribution < 1.29 is 13.9 Å². The van der Waals surface area contributed by atoms with Crippen LogP contribution in [0.3, 0.4) is 0 Å². The van der Waals surface area contributed by atoms with E-state index in [1.165, 1.54) is 12.1 Å². The number of rotatable bonds is 4. The van der Waals surface area contributed by atoms with Gasteiger partial charge in [0.25, 0.3) is 0 Å². The summed E-state index contributed by atoms with van der Waals surface area (Å²) in [7, 11) is 0. The van der Waals surface area contributed by atoms with Crippen LogP contribution in [0.15, 0.2) is 42.5 Å². The molecule has 0 radical (unpaired) electrons. The molecule has 7 nitrogen and oxygen atoms in total. The van der Waals surface area contributed by atoms with E-state index in [9.17, 15) is 9.18 Å². The zero-order chi connectivity index (χ0) is 22.9. The summed E-state index contributed by atoms with van der Waals surface area (Å²) in [6.07, 6.45) is 2.34. The van der Waals surface area contributed by atoms with Crippen LogP contribution in [0.2, 0.25) is 5.02 Å². The Morgan fingerprint density at radius 3 is 2.85 bits per heavy atom. The topological polar surface area (TPSA) is 72.3 Å². The van der Waals surface area contributed by atoms with Crippen LogP contribution in [-0.4, -0.2) is 38.8 Å². The highest BCUT2D eigenvalue weighted by Crippen LogP contribution is 2.35. The van der Waals surface area contributed by atoms with E-state index in [2.05, 4.69) is 20.1 Å². The van der Waals surface area contributed by atoms with E-state index >= 15 is 0 Å². The summed E-state index contributed by atoms with van der Waals surface area (Å²) in [6, 6.07) is 11.6. The number of halogens is 2. The number of nitrogens with zero attached hydrogens (tertiary/aromatic N) is 4. The lowest BCUT2D eigenvalue weighted by Gasteiger charge is -2.30. The average molecular weight is 470 g/mol. The van der Waals surface area contributed by atoms with Crippen molar-refractivity contribution in [2.75, 3.05) is 13.2 Å². The summed E-state index contributed by atoms with van der Waals surface area (Å²) in [5, 5.41) is 12.6. The molecule has 1 N–H and O–H groups in total. The molecule has 2 atom stereocenters. The number of urea groups is 1. The van der Waals surface area contributed by atoms with Gasteiger partial charge >= 0.3 is 6.03 Å². The Morgan fingerprint density at radius 2 is 2.03 bits per heavy atom. The molecule has 2 aliphatic rings. The van der Waals surface area contributed by atoms with Crippen LogP contribution in [0, 0.1) is 12.7 Å². The molecule has 0 bridgehead atoms. The number of benzene rings is 2. The minimum absolute atomic E-state index is 0.154. The first-order chi connectivity index (χ1) is 16.0. The number of carbonyl (C=O) groups excluding carboxylic acids is 1. The first-order valence-corrected chi connectivity index (χ1v) is 11.5. The van der Waals surface area contributed by atoms with E-state index in [0.717, 1.165) is 35.6 Å². The number of fused-ring (bicyclic) bond motifs is 1. The maximum absolute atomic E-state index is 13.6. The summed E-state index contributed by atoms with van der Waals surface area (Å²) in [5.41, 5.74) is 1.89. The highest BCUT2D eigenvalue weighted by Gasteiger charge is 2.35. The smallest absolute Gasteiger partial charge is 0.318 e. The van der Waals surface area contributed by atoms with E-state index in [-0.39, 0.29) is 23.9 Å². The molecule has 33 heavy (non-hydrogen) atoms. The normalized spacial score (nSPS) is 19.8. The van der Waals surface area contributed by atoms with Gasteiger partial charge in [-0.25, -0.2) is 9.18 Å². The zero-order valence-electron chi connectivity index (χ0n) is 18.3. The van der Waals surface area contributed by atoms with Gasteiger partial charge in [-0.05, 0) is 43.5 Å². The largest absolute Gasteiger partial charge is 0.493 e. The quantitative estimate of drug-likeness (QED) is 0.596. The number of aryl methyl sites for hydroxylation is 1. The Hall–Kier alpha value is -3.13.